The van der Waals surface area contributed by atoms with Crippen LogP contribution in [0.3, 0.4) is 0 Å². The van der Waals surface area contributed by atoms with Crippen LogP contribution in [0.15, 0.2) is 48.5 Å². The van der Waals surface area contributed by atoms with Gasteiger partial charge in [0.25, 0.3) is 0 Å². The second-order valence-corrected chi connectivity index (χ2v) is 5.36. The quantitative estimate of drug-likeness (QED) is 0.757. The molecule has 0 aliphatic rings. The first-order chi connectivity index (χ1) is 10.7. The van der Waals surface area contributed by atoms with Crippen LogP contribution in [0.5, 0.6) is 0 Å². The van der Waals surface area contributed by atoms with E-state index >= 15 is 0 Å². The van der Waals surface area contributed by atoms with Gasteiger partial charge in [0.15, 0.2) is 0 Å². The molecule has 0 unspecified atom stereocenters. The van der Waals surface area contributed by atoms with E-state index in [0.717, 1.165) is 11.1 Å². The molecule has 0 N–H and O–H groups in total. The highest BCUT2D eigenvalue weighted by Gasteiger charge is 2.20. The van der Waals surface area contributed by atoms with Crippen LogP contribution < -0.4 is 0 Å². The van der Waals surface area contributed by atoms with E-state index in [4.69, 9.17) is 19.6 Å². The Labute approximate surface area is 129 Å². The molecule has 0 bridgehead atoms. The van der Waals surface area contributed by atoms with E-state index in [2.05, 4.69) is 0 Å². The maximum absolute atomic E-state index is 11.7. The van der Waals surface area contributed by atoms with Gasteiger partial charge in [-0.3, -0.25) is 0 Å². The molecule has 0 fully saturated rings. The highest BCUT2D eigenvalue weighted by molar-refractivity contribution is 7.33. The molecule has 0 radical (unpaired) electrons. The molecule has 0 saturated heterocycles. The summed E-state index contributed by atoms with van der Waals surface area (Å²) in [6, 6.07) is 17.8. The SMILES string of the molecule is N#Cc1cccc(CO[P+](=O)OCc2cccc(C#N)c2)c1. The van der Waals surface area contributed by atoms with Gasteiger partial charge in [0.05, 0.1) is 23.3 Å². The van der Waals surface area contributed by atoms with Gasteiger partial charge in [-0.25, -0.2) is 0 Å². The van der Waals surface area contributed by atoms with Gasteiger partial charge in [-0.15, -0.1) is 9.05 Å². The van der Waals surface area contributed by atoms with E-state index in [9.17, 15) is 4.57 Å². The van der Waals surface area contributed by atoms with Gasteiger partial charge >= 0.3 is 8.25 Å². The van der Waals surface area contributed by atoms with Crippen molar-refractivity contribution in [1.82, 2.24) is 0 Å². The lowest BCUT2D eigenvalue weighted by Gasteiger charge is -1.97. The Balaban J connectivity index is 1.83. The standard InChI is InChI=1S/C16H12N2O3P/c17-9-13-3-1-5-15(7-13)11-20-22(19)21-12-16-6-2-4-14(8-16)10-18/h1-8H,11-12H2/q+1. The van der Waals surface area contributed by atoms with E-state index in [0.29, 0.717) is 11.1 Å². The molecule has 0 heterocycles. The van der Waals surface area contributed by atoms with Crippen molar-refractivity contribution in [1.29, 1.82) is 10.5 Å². The number of nitrogens with zero attached hydrogens (tertiary/aromatic N) is 2. The topological polar surface area (TPSA) is 83.1 Å². The molecule has 2 rings (SSSR count). The predicted molar refractivity (Wildman–Crippen MR) is 79.5 cm³/mol. The predicted octanol–water partition coefficient (Wildman–Crippen LogP) is 3.82. The van der Waals surface area contributed by atoms with Crippen molar-refractivity contribution in [2.75, 3.05) is 0 Å². The summed E-state index contributed by atoms with van der Waals surface area (Å²) >= 11 is 0. The van der Waals surface area contributed by atoms with Crippen LogP contribution in [-0.2, 0) is 26.8 Å². The summed E-state index contributed by atoms with van der Waals surface area (Å²) in [7, 11) is -2.27. The number of benzene rings is 2. The van der Waals surface area contributed by atoms with Crippen LogP contribution in [0.1, 0.15) is 22.3 Å². The molecule has 0 saturated carbocycles. The fourth-order valence-corrected chi connectivity index (χ4v) is 2.34. The monoisotopic (exact) mass is 311 g/mol. The van der Waals surface area contributed by atoms with Crippen LogP contribution in [0.25, 0.3) is 0 Å². The third kappa shape index (κ3) is 4.77. The van der Waals surface area contributed by atoms with Crippen molar-refractivity contribution >= 4 is 8.25 Å². The molecule has 0 spiro atoms. The Kier molecular flexibility index (Phi) is 5.77. The van der Waals surface area contributed by atoms with Crippen molar-refractivity contribution in [3.8, 4) is 12.1 Å². The maximum atomic E-state index is 11.7. The minimum atomic E-state index is -2.27. The third-order valence-electron chi connectivity index (χ3n) is 2.79. The van der Waals surface area contributed by atoms with E-state index in [1.54, 1.807) is 48.5 Å². The maximum Gasteiger partial charge on any atom is 0.698 e. The van der Waals surface area contributed by atoms with Crippen molar-refractivity contribution in [2.24, 2.45) is 0 Å². The van der Waals surface area contributed by atoms with Crippen LogP contribution in [0.4, 0.5) is 0 Å². The van der Waals surface area contributed by atoms with Gasteiger partial charge in [-0.1, -0.05) is 24.3 Å². The first kappa shape index (κ1) is 15.8. The molecule has 0 aliphatic carbocycles. The third-order valence-corrected chi connectivity index (χ3v) is 3.47. The molecule has 0 aliphatic heterocycles. The average Bonchev–Trinajstić information content (AvgIpc) is 2.58. The smallest absolute Gasteiger partial charge is 0.192 e. The van der Waals surface area contributed by atoms with Gasteiger partial charge in [-0.2, -0.15) is 10.5 Å². The summed E-state index contributed by atoms with van der Waals surface area (Å²) in [5, 5.41) is 17.6. The Hall–Kier alpha value is -2.56. The van der Waals surface area contributed by atoms with E-state index in [1.165, 1.54) is 0 Å². The van der Waals surface area contributed by atoms with E-state index in [1.807, 2.05) is 12.1 Å². The number of nitriles is 2. The Morgan fingerprint density at radius 2 is 1.32 bits per heavy atom. The van der Waals surface area contributed by atoms with Crippen molar-refractivity contribution in [3.05, 3.63) is 70.8 Å². The summed E-state index contributed by atoms with van der Waals surface area (Å²) in [5.74, 6) is 0. The normalized spacial score (nSPS) is 9.73. The van der Waals surface area contributed by atoms with Crippen molar-refractivity contribution in [3.63, 3.8) is 0 Å². The molecule has 0 aromatic heterocycles. The molecule has 108 valence electrons. The summed E-state index contributed by atoms with van der Waals surface area (Å²) < 4.78 is 21.9. The highest BCUT2D eigenvalue weighted by atomic mass is 31.1. The van der Waals surface area contributed by atoms with E-state index < -0.39 is 8.25 Å². The second-order valence-electron chi connectivity index (χ2n) is 4.39. The van der Waals surface area contributed by atoms with Crippen LogP contribution >= 0.6 is 8.25 Å². The first-order valence-corrected chi connectivity index (χ1v) is 7.52. The molecule has 6 heteroatoms. The summed E-state index contributed by atoms with van der Waals surface area (Å²) in [6.07, 6.45) is 0. The minimum Gasteiger partial charge on any atom is -0.192 e. The van der Waals surface area contributed by atoms with Crippen LogP contribution in [0.2, 0.25) is 0 Å². The first-order valence-electron chi connectivity index (χ1n) is 6.42. The molecule has 5 nitrogen and oxygen atoms in total. The Bertz CT molecular complexity index is 699. The number of rotatable bonds is 6. The summed E-state index contributed by atoms with van der Waals surface area (Å²) in [5.41, 5.74) is 2.53. The van der Waals surface area contributed by atoms with Crippen molar-refractivity contribution in [2.45, 2.75) is 13.2 Å². The Morgan fingerprint density at radius 1 is 0.864 bits per heavy atom. The second kappa shape index (κ2) is 8.02. The van der Waals surface area contributed by atoms with E-state index in [-0.39, 0.29) is 13.2 Å². The lowest BCUT2D eigenvalue weighted by atomic mass is 10.1. The molecule has 2 aromatic rings. The largest absolute Gasteiger partial charge is 0.698 e. The number of hydrogen-bond acceptors (Lipinski definition) is 5. The minimum absolute atomic E-state index is 0.100. The number of hydrogen-bond donors (Lipinski definition) is 0. The molecule has 0 atom stereocenters. The molecular formula is C16H12N2O3P+. The van der Waals surface area contributed by atoms with Gasteiger partial charge in [-0.05, 0) is 35.4 Å². The highest BCUT2D eigenvalue weighted by Crippen LogP contribution is 2.27. The van der Waals surface area contributed by atoms with Gasteiger partial charge < -0.3 is 0 Å². The molecule has 2 aromatic carbocycles. The van der Waals surface area contributed by atoms with Gasteiger partial charge in [0, 0.05) is 4.57 Å². The zero-order chi connectivity index (χ0) is 15.8. The fourth-order valence-electron chi connectivity index (χ4n) is 1.75. The van der Waals surface area contributed by atoms with Gasteiger partial charge in [0.2, 0.25) is 0 Å². The lowest BCUT2D eigenvalue weighted by Crippen LogP contribution is -1.91. The van der Waals surface area contributed by atoms with Crippen LogP contribution in [0, 0.1) is 22.7 Å². The molecular weight excluding hydrogens is 299 g/mol. The fraction of sp³-hybridized carbons (Fsp3) is 0.125. The van der Waals surface area contributed by atoms with Gasteiger partial charge in [0.1, 0.15) is 13.2 Å². The summed E-state index contributed by atoms with van der Waals surface area (Å²) in [6.45, 7) is 0.200. The molecule has 22 heavy (non-hydrogen) atoms. The zero-order valence-corrected chi connectivity index (χ0v) is 12.5. The Morgan fingerprint density at radius 3 is 1.73 bits per heavy atom. The van der Waals surface area contributed by atoms with Crippen molar-refractivity contribution < 1.29 is 13.6 Å². The lowest BCUT2D eigenvalue weighted by molar-refractivity contribution is 0.213. The zero-order valence-electron chi connectivity index (χ0n) is 11.6. The summed E-state index contributed by atoms with van der Waals surface area (Å²) in [4.78, 5) is 0. The molecule has 0 amide bonds. The van der Waals surface area contributed by atoms with Crippen LogP contribution in [-0.4, -0.2) is 0 Å². The average molecular weight is 311 g/mol.